The second kappa shape index (κ2) is 10.8. The molecule has 0 saturated carbocycles. The van der Waals surface area contributed by atoms with Gasteiger partial charge >= 0.3 is 5.97 Å². The van der Waals surface area contributed by atoms with Crippen molar-refractivity contribution in [1.29, 1.82) is 0 Å². The Balaban J connectivity index is 1.59. The highest BCUT2D eigenvalue weighted by Crippen LogP contribution is 2.40. The zero-order valence-corrected chi connectivity index (χ0v) is 20.9. The van der Waals surface area contributed by atoms with E-state index in [4.69, 9.17) is 9.47 Å². The Labute approximate surface area is 222 Å². The minimum Gasteiger partial charge on any atom is -0.505 e. The van der Waals surface area contributed by atoms with Crippen LogP contribution in [0.25, 0.3) is 16.6 Å². The molecule has 0 saturated heterocycles. The number of methoxy groups -OCH3 is 2. The number of aromatic hydroxyl groups is 1. The number of aromatic nitrogens is 3. The highest BCUT2D eigenvalue weighted by molar-refractivity contribution is 6.11. The topological polar surface area (TPSA) is 140 Å². The first kappa shape index (κ1) is 25.1. The van der Waals surface area contributed by atoms with Crippen molar-refractivity contribution < 1.29 is 24.2 Å². The smallest absolute Gasteiger partial charge is 0.343 e. The van der Waals surface area contributed by atoms with Crippen molar-refractivity contribution in [2.45, 2.75) is 0 Å². The van der Waals surface area contributed by atoms with Crippen LogP contribution in [0.1, 0.15) is 20.7 Å². The molecule has 0 aliphatic carbocycles. The Morgan fingerprint density at radius 2 is 1.72 bits per heavy atom. The highest BCUT2D eigenvalue weighted by atomic mass is 16.5. The summed E-state index contributed by atoms with van der Waals surface area (Å²) in [6.07, 6.45) is 2.87. The lowest BCUT2D eigenvalue weighted by atomic mass is 10.0. The maximum atomic E-state index is 13.2. The number of carbonyl (C=O) groups is 2. The summed E-state index contributed by atoms with van der Waals surface area (Å²) in [7, 11) is 2.79. The van der Waals surface area contributed by atoms with Crippen molar-refractivity contribution in [3.05, 3.63) is 96.3 Å². The van der Waals surface area contributed by atoms with Gasteiger partial charge in [-0.1, -0.05) is 30.3 Å². The van der Waals surface area contributed by atoms with E-state index >= 15 is 0 Å². The molecule has 0 bridgehead atoms. The van der Waals surface area contributed by atoms with Gasteiger partial charge in [-0.05, 0) is 47.9 Å². The van der Waals surface area contributed by atoms with Gasteiger partial charge in [0.2, 0.25) is 0 Å². The van der Waals surface area contributed by atoms with Crippen LogP contribution in [0.4, 0.5) is 17.2 Å². The highest BCUT2D eigenvalue weighted by Gasteiger charge is 2.22. The van der Waals surface area contributed by atoms with Crippen molar-refractivity contribution in [3.8, 4) is 17.3 Å². The van der Waals surface area contributed by atoms with Gasteiger partial charge in [-0.2, -0.15) is 9.78 Å². The van der Waals surface area contributed by atoms with Crippen molar-refractivity contribution in [1.82, 2.24) is 14.8 Å². The van der Waals surface area contributed by atoms with Crippen LogP contribution in [-0.2, 0) is 4.74 Å². The summed E-state index contributed by atoms with van der Waals surface area (Å²) in [5.41, 5.74) is 0.588. The normalized spacial score (nSPS) is 11.0. The molecule has 5 rings (SSSR count). The number of phenols is 1. The minimum atomic E-state index is -0.673. The first-order valence-corrected chi connectivity index (χ1v) is 11.7. The van der Waals surface area contributed by atoms with E-state index in [0.717, 1.165) is 0 Å². The van der Waals surface area contributed by atoms with Gasteiger partial charge in [-0.3, -0.25) is 4.79 Å². The van der Waals surface area contributed by atoms with Crippen molar-refractivity contribution >= 4 is 39.8 Å². The Morgan fingerprint density at radius 3 is 2.44 bits per heavy atom. The van der Waals surface area contributed by atoms with Crippen molar-refractivity contribution in [2.24, 2.45) is 10.2 Å². The van der Waals surface area contributed by atoms with Gasteiger partial charge in [0.05, 0.1) is 26.0 Å². The second-order valence-corrected chi connectivity index (χ2v) is 8.20. The summed E-state index contributed by atoms with van der Waals surface area (Å²) in [6.45, 7) is 0. The summed E-state index contributed by atoms with van der Waals surface area (Å²) in [5, 5.41) is 27.9. The summed E-state index contributed by atoms with van der Waals surface area (Å²) in [4.78, 5) is 29.9. The predicted octanol–water partition coefficient (Wildman–Crippen LogP) is 5.59. The molecule has 39 heavy (non-hydrogen) atoms. The van der Waals surface area contributed by atoms with Crippen LogP contribution in [0.3, 0.4) is 0 Å². The van der Waals surface area contributed by atoms with Crippen LogP contribution in [0.5, 0.6) is 11.5 Å². The summed E-state index contributed by atoms with van der Waals surface area (Å²) in [6, 6.07) is 20.6. The molecule has 0 atom stereocenters. The molecule has 3 aromatic carbocycles. The standard InChI is InChI=1S/C28H22N6O5/c1-38-19-12-10-18(11-13-19)31-27(36)21-15-17-7-3-4-8-20(17)24(25(21)35)32-33-26-22(28(37)39-2)16-30-34(26)23-9-5-6-14-29-23/h3-16,35H,1-2H3,(H,31,36). The van der Waals surface area contributed by atoms with Gasteiger partial charge in [0.15, 0.2) is 17.4 Å². The first-order valence-electron chi connectivity index (χ1n) is 11.7. The molecule has 0 fully saturated rings. The molecular formula is C28H22N6O5. The lowest BCUT2D eigenvalue weighted by Gasteiger charge is -2.11. The Hall–Kier alpha value is -5.58. The molecular weight excluding hydrogens is 500 g/mol. The van der Waals surface area contributed by atoms with Crippen molar-refractivity contribution in [3.63, 3.8) is 0 Å². The average molecular weight is 523 g/mol. The largest absolute Gasteiger partial charge is 0.505 e. The fraction of sp³-hybridized carbons (Fsp3) is 0.0714. The summed E-state index contributed by atoms with van der Waals surface area (Å²) < 4.78 is 11.3. The Bertz CT molecular complexity index is 1700. The van der Waals surface area contributed by atoms with Crippen LogP contribution in [0.2, 0.25) is 0 Å². The molecule has 194 valence electrons. The molecule has 1 amide bonds. The zero-order chi connectivity index (χ0) is 27.4. The number of nitrogens with one attached hydrogen (secondary N) is 1. The van der Waals surface area contributed by atoms with Crippen molar-refractivity contribution in [2.75, 3.05) is 19.5 Å². The number of anilines is 1. The third kappa shape index (κ3) is 5.01. The number of nitrogens with zero attached hydrogens (tertiary/aromatic N) is 5. The SMILES string of the molecule is COC(=O)c1cnn(-c2ccccn2)c1N=Nc1c(O)c(C(=O)Nc2ccc(OC)cc2)cc2ccccc12. The number of hydrogen-bond donors (Lipinski definition) is 2. The maximum Gasteiger partial charge on any atom is 0.343 e. The molecule has 11 nitrogen and oxygen atoms in total. The minimum absolute atomic E-state index is 0.00936. The number of ether oxygens (including phenoxy) is 2. The Morgan fingerprint density at radius 1 is 0.949 bits per heavy atom. The lowest BCUT2D eigenvalue weighted by molar-refractivity contribution is 0.0601. The van der Waals surface area contributed by atoms with Gasteiger partial charge in [-0.25, -0.2) is 9.78 Å². The molecule has 2 heterocycles. The second-order valence-electron chi connectivity index (χ2n) is 8.20. The molecule has 0 radical (unpaired) electrons. The number of carbonyl (C=O) groups excluding carboxylic acids is 2. The lowest BCUT2D eigenvalue weighted by Crippen LogP contribution is -2.12. The number of pyridine rings is 1. The Kier molecular flexibility index (Phi) is 6.95. The number of amides is 1. The van der Waals surface area contributed by atoms with Gasteiger partial charge in [0, 0.05) is 17.3 Å². The quantitative estimate of drug-likeness (QED) is 0.210. The van der Waals surface area contributed by atoms with E-state index in [1.165, 1.54) is 18.0 Å². The first-order chi connectivity index (χ1) is 19.0. The van der Waals surface area contributed by atoms with E-state index in [1.54, 1.807) is 86.1 Å². The predicted molar refractivity (Wildman–Crippen MR) is 143 cm³/mol. The van der Waals surface area contributed by atoms with Gasteiger partial charge in [-0.15, -0.1) is 10.2 Å². The third-order valence-electron chi connectivity index (χ3n) is 5.85. The molecule has 0 spiro atoms. The monoisotopic (exact) mass is 522 g/mol. The fourth-order valence-corrected chi connectivity index (χ4v) is 3.90. The fourth-order valence-electron chi connectivity index (χ4n) is 3.90. The van der Waals surface area contributed by atoms with Gasteiger partial charge < -0.3 is 19.9 Å². The molecule has 2 aromatic heterocycles. The van der Waals surface area contributed by atoms with E-state index in [9.17, 15) is 14.7 Å². The molecule has 11 heteroatoms. The zero-order valence-electron chi connectivity index (χ0n) is 20.9. The summed E-state index contributed by atoms with van der Waals surface area (Å²) in [5.74, 6) is -0.533. The van der Waals surface area contributed by atoms with E-state index in [1.807, 2.05) is 0 Å². The summed E-state index contributed by atoms with van der Waals surface area (Å²) >= 11 is 0. The van der Waals surface area contributed by atoms with Crippen LogP contribution >= 0.6 is 0 Å². The molecule has 0 unspecified atom stereocenters. The van der Waals surface area contributed by atoms with Crippen LogP contribution in [0, 0.1) is 0 Å². The van der Waals surface area contributed by atoms with E-state index in [0.29, 0.717) is 28.0 Å². The number of phenolic OH excluding ortho intramolecular Hbond substituents is 1. The van der Waals surface area contributed by atoms with Gasteiger partial charge in [0.25, 0.3) is 5.91 Å². The van der Waals surface area contributed by atoms with Crippen LogP contribution in [0.15, 0.2) is 95.4 Å². The molecule has 2 N–H and O–H groups in total. The van der Waals surface area contributed by atoms with Crippen LogP contribution < -0.4 is 10.1 Å². The number of benzene rings is 3. The maximum absolute atomic E-state index is 13.2. The van der Waals surface area contributed by atoms with Gasteiger partial charge in [0.1, 0.15) is 17.0 Å². The number of rotatable bonds is 7. The number of azo groups is 1. The van der Waals surface area contributed by atoms with Crippen LogP contribution in [-0.4, -0.2) is 46.0 Å². The third-order valence-corrected chi connectivity index (χ3v) is 5.85. The number of fused-ring (bicyclic) bond motifs is 1. The number of hydrogen-bond acceptors (Lipinski definition) is 9. The average Bonchev–Trinajstić information content (AvgIpc) is 3.40. The van der Waals surface area contributed by atoms with E-state index in [-0.39, 0.29) is 28.4 Å². The molecule has 0 aliphatic heterocycles. The van der Waals surface area contributed by atoms with E-state index < -0.39 is 11.9 Å². The molecule has 5 aromatic rings. The molecule has 0 aliphatic rings. The van der Waals surface area contributed by atoms with E-state index in [2.05, 4.69) is 25.6 Å². The number of esters is 1.